The lowest BCUT2D eigenvalue weighted by atomic mass is 9.33. The smallest absolute Gasteiger partial charge is 0.252 e. The van der Waals surface area contributed by atoms with E-state index in [1.165, 1.54) is 15.7 Å². The summed E-state index contributed by atoms with van der Waals surface area (Å²) in [5.41, 5.74) is 26.8. The zero-order chi connectivity index (χ0) is 98.7. The molecule has 0 amide bonds. The number of rotatable bonds is 12. The molecule has 2 aliphatic heterocycles. The van der Waals surface area contributed by atoms with Gasteiger partial charge in [0.2, 0.25) is 0 Å². The van der Waals surface area contributed by atoms with Gasteiger partial charge in [0.1, 0.15) is 0 Å². The number of hydrogen-bond acceptors (Lipinski definition) is 3. The summed E-state index contributed by atoms with van der Waals surface area (Å²) in [6.07, 6.45) is 0. The molecule has 20 rings (SSSR count). The maximum absolute atomic E-state index is 10.2. The van der Waals surface area contributed by atoms with E-state index in [1.807, 2.05) is 6.07 Å². The van der Waals surface area contributed by atoms with Gasteiger partial charge in [0.05, 0.1) is 51.3 Å². The van der Waals surface area contributed by atoms with Crippen molar-refractivity contribution >= 4 is 118 Å². The number of para-hydroxylation sites is 3. The van der Waals surface area contributed by atoms with Gasteiger partial charge in [0.25, 0.3) is 6.71 Å². The highest BCUT2D eigenvalue weighted by Gasteiger charge is 2.47. The van der Waals surface area contributed by atoms with Crippen LogP contribution >= 0.6 is 0 Å². The number of hydrogen-bond donors (Lipinski definition) is 0. The van der Waals surface area contributed by atoms with Crippen molar-refractivity contribution in [2.45, 2.75) is 157 Å². The fraction of sp³-hybridized carbons (Fsp3) is 0.200. The second-order valence-corrected chi connectivity index (χ2v) is 40.5. The van der Waals surface area contributed by atoms with Crippen LogP contribution in [0.15, 0.2) is 352 Å². The van der Waals surface area contributed by atoms with Crippen LogP contribution in [0.4, 0.5) is 51.2 Å². The Kier molecular flexibility index (Phi) is 16.1. The van der Waals surface area contributed by atoms with Crippen molar-refractivity contribution < 1.29 is 17.8 Å². The SMILES string of the molecule is [2H]c1c([2H])c([2H])c(N(c2ccc(-n3c4c([2H])c([2H])c([2H])c([2H])c4c4c([2H])c([2H])c([2H])c([2H])c43)cc2)c2ccc3c(c2)N(c2c(-c4ccccc4)cc(C(C)(C)C)cc2-c2ccccc2)c2cc(-c4cc(C(C)(C)C)cc(C(C)(C)C)c4)cc4c2B3c2ccc(-n3c5ccc(C(C)(C)C)cc5c5cc(C(C)(C)C)ccc53)cc2N4c2c(-c3ccccc3)cc(C(C)(C)C)cc2-c2ccccc2)c([2H])c1[2H]. The van der Waals surface area contributed by atoms with E-state index in [0.29, 0.717) is 17.1 Å². The fourth-order valence-electron chi connectivity index (χ4n) is 18.9. The summed E-state index contributed by atoms with van der Waals surface area (Å²) in [6, 6.07) is 92.0. The van der Waals surface area contributed by atoms with Gasteiger partial charge in [-0.1, -0.05) is 343 Å². The molecule has 0 radical (unpaired) electrons. The van der Waals surface area contributed by atoms with E-state index in [2.05, 4.69) is 382 Å². The third-order valence-electron chi connectivity index (χ3n) is 25.9. The number of aromatic nitrogens is 2. The average Bonchev–Trinajstić information content (AvgIpc) is 1.29. The summed E-state index contributed by atoms with van der Waals surface area (Å²) in [6.45, 7) is 40.5. The molecule has 0 saturated carbocycles. The summed E-state index contributed by atoms with van der Waals surface area (Å²) in [5, 5.41) is 2.12. The Morgan fingerprint density at radius 1 is 0.246 bits per heavy atom. The molecule has 126 heavy (non-hydrogen) atoms. The molecule has 0 fully saturated rings. The molecule has 0 saturated heterocycles. The highest BCUT2D eigenvalue weighted by Crippen LogP contribution is 2.57. The average molecular weight is 1650 g/mol. The van der Waals surface area contributed by atoms with E-state index < -0.39 is 90.7 Å². The molecule has 620 valence electrons. The highest BCUT2D eigenvalue weighted by molar-refractivity contribution is 7.00. The van der Waals surface area contributed by atoms with Crippen LogP contribution in [0.25, 0.3) is 111 Å². The van der Waals surface area contributed by atoms with Gasteiger partial charge in [-0.3, -0.25) is 0 Å². The highest BCUT2D eigenvalue weighted by atomic mass is 15.2. The van der Waals surface area contributed by atoms with E-state index in [9.17, 15) is 12.3 Å². The predicted octanol–water partition coefficient (Wildman–Crippen LogP) is 31.6. The number of anilines is 9. The normalized spacial score (nSPS) is 14.6. The van der Waals surface area contributed by atoms with Gasteiger partial charge in [-0.25, -0.2) is 0 Å². The van der Waals surface area contributed by atoms with Crippen molar-refractivity contribution in [3.63, 3.8) is 0 Å². The largest absolute Gasteiger partial charge is 0.310 e. The molecule has 5 nitrogen and oxygen atoms in total. The topological polar surface area (TPSA) is 19.6 Å². The number of benzene rings is 16. The molecule has 0 spiro atoms. The Balaban J connectivity index is 0.985. The van der Waals surface area contributed by atoms with Crippen LogP contribution in [0.3, 0.4) is 0 Å². The Hall–Kier alpha value is -13.4. The second-order valence-electron chi connectivity index (χ2n) is 40.5. The molecule has 0 unspecified atom stereocenters. The summed E-state index contributed by atoms with van der Waals surface area (Å²) < 4.78 is 127. The fourth-order valence-corrected chi connectivity index (χ4v) is 18.9. The van der Waals surface area contributed by atoms with Crippen molar-refractivity contribution in [3.05, 3.63) is 385 Å². The zero-order valence-corrected chi connectivity index (χ0v) is 75.3. The molecular weight excluding hydrogens is 1520 g/mol. The third kappa shape index (κ3) is 14.1. The zero-order valence-electron chi connectivity index (χ0n) is 88.3. The third-order valence-corrected chi connectivity index (χ3v) is 25.9. The van der Waals surface area contributed by atoms with Crippen molar-refractivity contribution in [2.75, 3.05) is 14.7 Å². The maximum atomic E-state index is 10.2. The first-order valence-corrected chi connectivity index (χ1v) is 44.1. The monoisotopic (exact) mass is 1650 g/mol. The molecule has 0 atom stereocenters. The van der Waals surface area contributed by atoms with Crippen LogP contribution in [-0.4, -0.2) is 15.8 Å². The Morgan fingerprint density at radius 3 is 1.01 bits per heavy atom. The van der Waals surface area contributed by atoms with Gasteiger partial charge < -0.3 is 23.8 Å². The summed E-state index contributed by atoms with van der Waals surface area (Å²) in [7, 11) is 0. The van der Waals surface area contributed by atoms with E-state index in [-0.39, 0.29) is 60.3 Å². The molecule has 0 aliphatic carbocycles. The molecule has 2 aliphatic rings. The molecule has 6 heteroatoms. The lowest BCUT2D eigenvalue weighted by Gasteiger charge is -2.46. The van der Waals surface area contributed by atoms with Crippen molar-refractivity contribution in [1.29, 1.82) is 0 Å². The molecule has 16 aromatic carbocycles. The summed E-state index contributed by atoms with van der Waals surface area (Å²) in [5.74, 6) is 0. The minimum atomic E-state index is -0.626. The van der Waals surface area contributed by atoms with Gasteiger partial charge in [0.15, 0.2) is 0 Å². The van der Waals surface area contributed by atoms with E-state index >= 15 is 0 Å². The summed E-state index contributed by atoms with van der Waals surface area (Å²) in [4.78, 5) is 6.81. The first-order chi connectivity index (χ1) is 65.7. The molecular formula is C120H112BN5. The van der Waals surface area contributed by atoms with Gasteiger partial charge in [0, 0.05) is 95.0 Å². The Bertz CT molecular complexity index is 7820. The molecule has 4 heterocycles. The lowest BCUT2D eigenvalue weighted by Crippen LogP contribution is -2.61. The first-order valence-electron chi connectivity index (χ1n) is 50.6. The van der Waals surface area contributed by atoms with Crippen molar-refractivity contribution in [3.8, 4) is 67.0 Å². The van der Waals surface area contributed by atoms with Crippen molar-refractivity contribution in [2.24, 2.45) is 0 Å². The minimum Gasteiger partial charge on any atom is -0.310 e. The molecule has 2 aromatic heterocycles. The molecule has 0 N–H and O–H groups in total. The van der Waals surface area contributed by atoms with E-state index in [1.54, 1.807) is 29.2 Å². The van der Waals surface area contributed by atoms with E-state index in [0.717, 1.165) is 150 Å². The van der Waals surface area contributed by atoms with Crippen molar-refractivity contribution in [1.82, 2.24) is 9.13 Å². The summed E-state index contributed by atoms with van der Waals surface area (Å²) >= 11 is 0. The van der Waals surface area contributed by atoms with Crippen LogP contribution in [0, 0.1) is 0 Å². The quantitative estimate of drug-likeness (QED) is 0.114. The Morgan fingerprint density at radius 2 is 0.595 bits per heavy atom. The van der Waals surface area contributed by atoms with Crippen LogP contribution in [0.2, 0.25) is 0 Å². The van der Waals surface area contributed by atoms with Gasteiger partial charge in [-0.15, -0.1) is 0 Å². The second kappa shape index (κ2) is 30.2. The van der Waals surface area contributed by atoms with Gasteiger partial charge >= 0.3 is 0 Å². The number of nitrogens with zero attached hydrogens (tertiary/aromatic N) is 5. The predicted molar refractivity (Wildman–Crippen MR) is 543 cm³/mol. The minimum absolute atomic E-state index is 0.0760. The van der Waals surface area contributed by atoms with E-state index in [4.69, 9.17) is 5.48 Å². The van der Waals surface area contributed by atoms with Gasteiger partial charge in [-0.05, 0) is 249 Å². The molecule has 0 bridgehead atoms. The van der Waals surface area contributed by atoms with Crippen LogP contribution in [-0.2, 0) is 32.5 Å². The van der Waals surface area contributed by atoms with Gasteiger partial charge in [-0.2, -0.15) is 0 Å². The first kappa shape index (κ1) is 67.1. The number of fused-ring (bicyclic) bond motifs is 10. The Labute approximate surface area is 764 Å². The lowest BCUT2D eigenvalue weighted by molar-refractivity contribution is 0.569. The van der Waals surface area contributed by atoms with Crippen LogP contribution in [0.5, 0.6) is 0 Å². The standard InChI is InChI=1S/C120H112BN5/c1-115(2,3)83-52-62-106-100(69-83)101-70-84(116(4,5)6)53-63-107(101)124(106)93-59-61-103-109(76-93)126(114-98(79-42-28-21-29-43-79)73-88(120(16,17)18)74-99(114)80-44-30-22-31-45-80)111-67-82(81-64-85(117(7,8)9)68-86(65-81)118(10,11)12)66-110-112(111)121(103)102-60-58-92(75-108(102)125(110)113-96(77-38-24-19-25-39-77)71-87(119(13,14)15)72-97(113)78-40-26-20-27-41-78)122(89-46-32-23-33-47-89)90-54-56-91(57-55-90)123-104-50-36-34-48-94(104)95-49-35-37-51-105(95)123/h19-76H,1-18H3/i23D,32D,33D,34D,35D,36D,37D,46D,47D,48D,49D,50D,51D. The van der Waals surface area contributed by atoms with Crippen LogP contribution in [0.1, 0.15) is 176 Å². The molecule has 18 aromatic rings. The van der Waals surface area contributed by atoms with Crippen LogP contribution < -0.4 is 31.1 Å². The maximum Gasteiger partial charge on any atom is 0.252 e.